The van der Waals surface area contributed by atoms with Gasteiger partial charge in [0.05, 0.1) is 11.1 Å². The van der Waals surface area contributed by atoms with Crippen LogP contribution in [0, 0.1) is 17.8 Å². The lowest BCUT2D eigenvalue weighted by molar-refractivity contribution is -0.152. The molecule has 5 saturated carbocycles. The highest BCUT2D eigenvalue weighted by Crippen LogP contribution is 2.58. The summed E-state index contributed by atoms with van der Waals surface area (Å²) in [7, 11) is 2.03. The molecule has 122 valence electrons. The predicted octanol–water partition coefficient (Wildman–Crippen LogP) is 2.61. The van der Waals surface area contributed by atoms with E-state index < -0.39 is 5.60 Å². The number of nitrogens with zero attached hydrogens (tertiary/aromatic N) is 2. The van der Waals surface area contributed by atoms with Crippen molar-refractivity contribution in [1.82, 2.24) is 9.80 Å². The lowest BCUT2D eigenvalue weighted by Crippen LogP contribution is -2.62. The molecule has 1 saturated heterocycles. The molecule has 6 aliphatic rings. The van der Waals surface area contributed by atoms with Crippen LogP contribution >= 0.6 is 0 Å². The highest BCUT2D eigenvalue weighted by Gasteiger charge is 2.60. The van der Waals surface area contributed by atoms with E-state index in [0.717, 1.165) is 31.7 Å². The van der Waals surface area contributed by atoms with Gasteiger partial charge in [-0.15, -0.1) is 0 Å². The standard InChI is InChI=1S/C18H28N2O2/c1-19-16(21)20(11-17(19)4-2-3-5-17)15-13-6-12-7-14(15)10-18(22,8-12)9-13/h12-15,22H,2-11H2,1H3. The van der Waals surface area contributed by atoms with Gasteiger partial charge in [0.2, 0.25) is 0 Å². The van der Waals surface area contributed by atoms with Crippen molar-refractivity contribution in [3.05, 3.63) is 0 Å². The highest BCUT2D eigenvalue weighted by molar-refractivity contribution is 5.78. The number of likely N-dealkylation sites (N-methyl/N-ethyl adjacent to an activating group) is 1. The van der Waals surface area contributed by atoms with Gasteiger partial charge < -0.3 is 14.9 Å². The monoisotopic (exact) mass is 304 g/mol. The van der Waals surface area contributed by atoms with E-state index in [9.17, 15) is 9.90 Å². The van der Waals surface area contributed by atoms with E-state index in [-0.39, 0.29) is 11.6 Å². The second kappa shape index (κ2) is 4.19. The van der Waals surface area contributed by atoms with Crippen molar-refractivity contribution in [2.75, 3.05) is 13.6 Å². The molecule has 4 nitrogen and oxygen atoms in total. The van der Waals surface area contributed by atoms with E-state index >= 15 is 0 Å². The fourth-order valence-corrected chi connectivity index (χ4v) is 7.11. The molecule has 0 radical (unpaired) electrons. The molecule has 2 atom stereocenters. The maximum atomic E-state index is 13.0. The predicted molar refractivity (Wildman–Crippen MR) is 83.4 cm³/mol. The van der Waals surface area contributed by atoms with E-state index in [2.05, 4.69) is 9.80 Å². The molecule has 4 heteroatoms. The number of hydrogen-bond donors (Lipinski definition) is 1. The van der Waals surface area contributed by atoms with Crippen LogP contribution in [0.25, 0.3) is 0 Å². The molecular weight excluding hydrogens is 276 g/mol. The SMILES string of the molecule is CN1C(=O)N(C2C3CC4CC2CC(O)(C4)C3)CC12CCCC2. The maximum absolute atomic E-state index is 13.0. The zero-order valence-electron chi connectivity index (χ0n) is 13.6. The van der Waals surface area contributed by atoms with Crippen molar-refractivity contribution >= 4 is 6.03 Å². The third kappa shape index (κ3) is 1.65. The summed E-state index contributed by atoms with van der Waals surface area (Å²) in [5, 5.41) is 10.8. The minimum Gasteiger partial charge on any atom is -0.390 e. The van der Waals surface area contributed by atoms with Crippen LogP contribution < -0.4 is 0 Å². The highest BCUT2D eigenvalue weighted by atomic mass is 16.3. The Bertz CT molecular complexity index is 497. The molecule has 0 aromatic heterocycles. The summed E-state index contributed by atoms with van der Waals surface area (Å²) < 4.78 is 0. The summed E-state index contributed by atoms with van der Waals surface area (Å²) in [6.45, 7) is 0.948. The van der Waals surface area contributed by atoms with Gasteiger partial charge in [-0.1, -0.05) is 12.8 Å². The van der Waals surface area contributed by atoms with Crippen molar-refractivity contribution < 1.29 is 9.90 Å². The molecule has 22 heavy (non-hydrogen) atoms. The van der Waals surface area contributed by atoms with Crippen LogP contribution in [-0.4, -0.2) is 51.7 Å². The molecule has 6 fully saturated rings. The van der Waals surface area contributed by atoms with E-state index in [1.165, 1.54) is 38.5 Å². The summed E-state index contributed by atoms with van der Waals surface area (Å²) in [6, 6.07) is 0.679. The Labute approximate surface area is 132 Å². The molecular formula is C18H28N2O2. The van der Waals surface area contributed by atoms with Gasteiger partial charge >= 0.3 is 6.03 Å². The zero-order chi connectivity index (χ0) is 15.1. The third-order valence-corrected chi connectivity index (χ3v) is 7.79. The molecule has 6 rings (SSSR count). The number of urea groups is 1. The first-order valence-electron chi connectivity index (χ1n) is 9.27. The molecule has 1 spiro atoms. The molecule has 1 heterocycles. The third-order valence-electron chi connectivity index (χ3n) is 7.79. The summed E-state index contributed by atoms with van der Waals surface area (Å²) in [5.74, 6) is 1.81. The number of rotatable bonds is 1. The first kappa shape index (κ1) is 13.6. The van der Waals surface area contributed by atoms with Gasteiger partial charge in [0.15, 0.2) is 0 Å². The fourth-order valence-electron chi connectivity index (χ4n) is 7.11. The normalized spacial score (nSPS) is 48.9. The second-order valence-electron chi connectivity index (χ2n) is 9.09. The summed E-state index contributed by atoms with van der Waals surface area (Å²) in [4.78, 5) is 17.3. The van der Waals surface area contributed by atoms with E-state index in [0.29, 0.717) is 17.9 Å². The number of aliphatic hydroxyl groups is 1. The average Bonchev–Trinajstić information content (AvgIpc) is 3.00. The van der Waals surface area contributed by atoms with Crippen molar-refractivity contribution in [2.24, 2.45) is 17.8 Å². The van der Waals surface area contributed by atoms with E-state index in [1.807, 2.05) is 7.05 Å². The van der Waals surface area contributed by atoms with Crippen molar-refractivity contribution in [3.63, 3.8) is 0 Å². The number of amides is 2. The van der Waals surface area contributed by atoms with Crippen LogP contribution in [0.5, 0.6) is 0 Å². The summed E-state index contributed by atoms with van der Waals surface area (Å²) in [5.41, 5.74) is -0.268. The Balaban J connectivity index is 1.45. The van der Waals surface area contributed by atoms with E-state index in [1.54, 1.807) is 0 Å². The van der Waals surface area contributed by atoms with Crippen LogP contribution in [0.15, 0.2) is 0 Å². The van der Waals surface area contributed by atoms with Crippen LogP contribution in [0.4, 0.5) is 4.79 Å². The fraction of sp³-hybridized carbons (Fsp3) is 0.944. The maximum Gasteiger partial charge on any atom is 0.320 e. The Morgan fingerprint density at radius 1 is 1.09 bits per heavy atom. The van der Waals surface area contributed by atoms with Gasteiger partial charge in [-0.2, -0.15) is 0 Å². The van der Waals surface area contributed by atoms with Crippen molar-refractivity contribution in [3.8, 4) is 0 Å². The molecule has 1 aliphatic heterocycles. The van der Waals surface area contributed by atoms with Crippen molar-refractivity contribution in [2.45, 2.75) is 75.0 Å². The minimum absolute atomic E-state index is 0.128. The first-order chi connectivity index (χ1) is 10.5. The molecule has 0 aromatic rings. The van der Waals surface area contributed by atoms with E-state index in [4.69, 9.17) is 0 Å². The quantitative estimate of drug-likeness (QED) is 0.809. The molecule has 2 amide bonds. The first-order valence-corrected chi connectivity index (χ1v) is 9.27. The van der Waals surface area contributed by atoms with Gasteiger partial charge in [0, 0.05) is 19.6 Å². The largest absolute Gasteiger partial charge is 0.390 e. The van der Waals surface area contributed by atoms with Crippen molar-refractivity contribution in [1.29, 1.82) is 0 Å². The Hall–Kier alpha value is -0.770. The Morgan fingerprint density at radius 3 is 2.32 bits per heavy atom. The number of carbonyl (C=O) groups excluding carboxylic acids is 1. The molecule has 0 aromatic carbocycles. The smallest absolute Gasteiger partial charge is 0.320 e. The van der Waals surface area contributed by atoms with Crippen LogP contribution in [-0.2, 0) is 0 Å². The van der Waals surface area contributed by atoms with Gasteiger partial charge in [-0.05, 0) is 62.7 Å². The molecule has 1 N–H and O–H groups in total. The summed E-state index contributed by atoms with van der Waals surface area (Å²) in [6.07, 6.45) is 10.3. The van der Waals surface area contributed by atoms with Gasteiger partial charge in [0.25, 0.3) is 0 Å². The second-order valence-corrected chi connectivity index (χ2v) is 9.09. The molecule has 2 unspecified atom stereocenters. The Morgan fingerprint density at radius 2 is 1.73 bits per heavy atom. The minimum atomic E-state index is -0.396. The summed E-state index contributed by atoms with van der Waals surface area (Å²) >= 11 is 0. The molecule has 5 aliphatic carbocycles. The number of carbonyl (C=O) groups is 1. The average molecular weight is 304 g/mol. The van der Waals surface area contributed by atoms with Crippen LogP contribution in [0.2, 0.25) is 0 Å². The molecule has 4 bridgehead atoms. The lowest BCUT2D eigenvalue weighted by Gasteiger charge is -2.59. The number of hydrogen-bond acceptors (Lipinski definition) is 2. The Kier molecular flexibility index (Phi) is 2.60. The van der Waals surface area contributed by atoms with Crippen LogP contribution in [0.3, 0.4) is 0 Å². The topological polar surface area (TPSA) is 43.8 Å². The van der Waals surface area contributed by atoms with Gasteiger partial charge in [-0.3, -0.25) is 0 Å². The van der Waals surface area contributed by atoms with Crippen LogP contribution in [0.1, 0.15) is 57.8 Å². The lowest BCUT2D eigenvalue weighted by atomic mass is 9.52. The zero-order valence-corrected chi connectivity index (χ0v) is 13.6. The van der Waals surface area contributed by atoms with Gasteiger partial charge in [-0.25, -0.2) is 4.79 Å². The van der Waals surface area contributed by atoms with Gasteiger partial charge in [0.1, 0.15) is 0 Å².